The minimum absolute atomic E-state index is 0.342. The molecule has 0 saturated heterocycles. The van der Waals surface area contributed by atoms with Gasteiger partial charge in [-0.25, -0.2) is 4.79 Å². The van der Waals surface area contributed by atoms with E-state index in [1.54, 1.807) is 12.1 Å². The number of hydrogen-bond donors (Lipinski definition) is 2. The highest BCUT2D eigenvalue weighted by Crippen LogP contribution is 2.28. The smallest absolute Gasteiger partial charge is 0.335 e. The fourth-order valence-electron chi connectivity index (χ4n) is 3.20. The summed E-state index contributed by atoms with van der Waals surface area (Å²) in [5.74, 6) is -0.285. The summed E-state index contributed by atoms with van der Waals surface area (Å²) in [7, 11) is 2.14. The highest BCUT2D eigenvalue weighted by Gasteiger charge is 2.27. The van der Waals surface area contributed by atoms with Crippen molar-refractivity contribution in [2.24, 2.45) is 11.7 Å². The molecule has 1 fully saturated rings. The van der Waals surface area contributed by atoms with Crippen LogP contribution in [-0.4, -0.2) is 35.6 Å². The van der Waals surface area contributed by atoms with Crippen molar-refractivity contribution in [2.45, 2.75) is 38.3 Å². The molecule has 1 aliphatic rings. The number of carboxylic acid groups (broad SMARTS) is 1. The van der Waals surface area contributed by atoms with Crippen LogP contribution in [-0.2, 0) is 6.54 Å². The second-order valence-electron chi connectivity index (χ2n) is 5.76. The first kappa shape index (κ1) is 15.0. The number of hydrogen-bond acceptors (Lipinski definition) is 3. The van der Waals surface area contributed by atoms with Crippen molar-refractivity contribution in [3.05, 3.63) is 35.4 Å². The summed E-state index contributed by atoms with van der Waals surface area (Å²) in [4.78, 5) is 13.2. The number of aromatic carboxylic acids is 1. The van der Waals surface area contributed by atoms with Crippen LogP contribution in [0, 0.1) is 5.92 Å². The van der Waals surface area contributed by atoms with E-state index in [-0.39, 0.29) is 0 Å². The molecule has 0 spiro atoms. The van der Waals surface area contributed by atoms with Gasteiger partial charge >= 0.3 is 5.97 Å². The number of nitrogens with zero attached hydrogens (tertiary/aromatic N) is 1. The molecule has 1 saturated carbocycles. The molecule has 0 aromatic heterocycles. The molecule has 110 valence electrons. The van der Waals surface area contributed by atoms with Crippen LogP contribution in [0.3, 0.4) is 0 Å². The molecule has 1 aromatic carbocycles. The maximum absolute atomic E-state index is 10.8. The van der Waals surface area contributed by atoms with Gasteiger partial charge in [-0.05, 0) is 50.0 Å². The lowest BCUT2D eigenvalue weighted by Gasteiger charge is -2.37. The van der Waals surface area contributed by atoms with Gasteiger partial charge in [0.25, 0.3) is 0 Å². The molecule has 0 radical (unpaired) electrons. The van der Waals surface area contributed by atoms with Crippen LogP contribution < -0.4 is 5.73 Å². The summed E-state index contributed by atoms with van der Waals surface area (Å²) in [6.07, 6.45) is 5.01. The largest absolute Gasteiger partial charge is 0.478 e. The lowest BCUT2D eigenvalue weighted by atomic mass is 9.83. The minimum Gasteiger partial charge on any atom is -0.478 e. The predicted octanol–water partition coefficient (Wildman–Crippen LogP) is 2.33. The lowest BCUT2D eigenvalue weighted by Crippen LogP contribution is -2.42. The van der Waals surface area contributed by atoms with Gasteiger partial charge in [0, 0.05) is 12.6 Å². The third kappa shape index (κ3) is 3.58. The van der Waals surface area contributed by atoms with Gasteiger partial charge in [0.1, 0.15) is 0 Å². The molecular weight excluding hydrogens is 252 g/mol. The zero-order valence-electron chi connectivity index (χ0n) is 12.1. The Kier molecular flexibility index (Phi) is 5.15. The van der Waals surface area contributed by atoms with E-state index in [1.807, 2.05) is 12.1 Å². The minimum atomic E-state index is -0.875. The van der Waals surface area contributed by atoms with Gasteiger partial charge in [-0.1, -0.05) is 25.0 Å². The molecule has 4 heteroatoms. The zero-order chi connectivity index (χ0) is 14.5. The second-order valence-corrected chi connectivity index (χ2v) is 5.76. The molecule has 0 bridgehead atoms. The summed E-state index contributed by atoms with van der Waals surface area (Å²) < 4.78 is 0. The average molecular weight is 276 g/mol. The first-order valence-corrected chi connectivity index (χ1v) is 7.34. The van der Waals surface area contributed by atoms with E-state index in [0.717, 1.165) is 18.7 Å². The van der Waals surface area contributed by atoms with E-state index in [9.17, 15) is 4.79 Å². The Balaban J connectivity index is 1.99. The predicted molar refractivity (Wildman–Crippen MR) is 79.7 cm³/mol. The van der Waals surface area contributed by atoms with Crippen molar-refractivity contribution >= 4 is 5.97 Å². The third-order valence-electron chi connectivity index (χ3n) is 4.37. The fraction of sp³-hybridized carbons (Fsp3) is 0.562. The highest BCUT2D eigenvalue weighted by molar-refractivity contribution is 5.87. The van der Waals surface area contributed by atoms with Crippen LogP contribution in [0.15, 0.2) is 24.3 Å². The Morgan fingerprint density at radius 3 is 2.55 bits per heavy atom. The van der Waals surface area contributed by atoms with Crippen LogP contribution in [0.4, 0.5) is 0 Å². The van der Waals surface area contributed by atoms with E-state index < -0.39 is 5.97 Å². The Hall–Kier alpha value is -1.39. The Bertz CT molecular complexity index is 444. The van der Waals surface area contributed by atoms with Crippen molar-refractivity contribution < 1.29 is 9.90 Å². The van der Waals surface area contributed by atoms with Crippen LogP contribution in [0.25, 0.3) is 0 Å². The summed E-state index contributed by atoms with van der Waals surface area (Å²) in [6, 6.07) is 7.70. The van der Waals surface area contributed by atoms with Crippen LogP contribution in [0.5, 0.6) is 0 Å². The molecule has 2 atom stereocenters. The van der Waals surface area contributed by atoms with Gasteiger partial charge < -0.3 is 10.8 Å². The van der Waals surface area contributed by atoms with E-state index in [4.69, 9.17) is 10.8 Å². The van der Waals surface area contributed by atoms with E-state index >= 15 is 0 Å². The van der Waals surface area contributed by atoms with Crippen LogP contribution >= 0.6 is 0 Å². The molecule has 3 N–H and O–H groups in total. The first-order chi connectivity index (χ1) is 9.61. The zero-order valence-corrected chi connectivity index (χ0v) is 12.1. The summed E-state index contributed by atoms with van der Waals surface area (Å²) in [5.41, 5.74) is 7.38. The molecule has 2 rings (SSSR count). The third-order valence-corrected chi connectivity index (χ3v) is 4.37. The monoisotopic (exact) mass is 276 g/mol. The van der Waals surface area contributed by atoms with E-state index in [2.05, 4.69) is 11.9 Å². The van der Waals surface area contributed by atoms with E-state index in [0.29, 0.717) is 17.5 Å². The first-order valence-electron chi connectivity index (χ1n) is 7.34. The highest BCUT2D eigenvalue weighted by atomic mass is 16.4. The molecular formula is C16H24N2O2. The Morgan fingerprint density at radius 1 is 1.30 bits per heavy atom. The molecule has 1 aromatic rings. The molecule has 0 aliphatic heterocycles. The van der Waals surface area contributed by atoms with E-state index in [1.165, 1.54) is 25.7 Å². The van der Waals surface area contributed by atoms with Gasteiger partial charge in [0.05, 0.1) is 5.56 Å². The van der Waals surface area contributed by atoms with Crippen molar-refractivity contribution in [1.29, 1.82) is 0 Å². The molecule has 0 amide bonds. The maximum Gasteiger partial charge on any atom is 0.335 e. The number of benzene rings is 1. The van der Waals surface area contributed by atoms with Gasteiger partial charge in [0.15, 0.2) is 0 Å². The summed E-state index contributed by atoms with van der Waals surface area (Å²) >= 11 is 0. The summed E-state index contributed by atoms with van der Waals surface area (Å²) in [6.45, 7) is 1.61. The van der Waals surface area contributed by atoms with Crippen LogP contribution in [0.1, 0.15) is 41.6 Å². The Labute approximate surface area is 120 Å². The fourth-order valence-corrected chi connectivity index (χ4v) is 3.20. The van der Waals surface area contributed by atoms with Gasteiger partial charge in [-0.2, -0.15) is 0 Å². The summed E-state index contributed by atoms with van der Waals surface area (Å²) in [5, 5.41) is 8.90. The molecule has 2 unspecified atom stereocenters. The van der Waals surface area contributed by atoms with Gasteiger partial charge in [0.2, 0.25) is 0 Å². The van der Waals surface area contributed by atoms with Crippen molar-refractivity contribution in [1.82, 2.24) is 4.90 Å². The van der Waals surface area contributed by atoms with Crippen molar-refractivity contribution in [2.75, 3.05) is 13.6 Å². The molecule has 4 nitrogen and oxygen atoms in total. The number of nitrogens with two attached hydrogens (primary N) is 1. The number of carbonyl (C=O) groups is 1. The maximum atomic E-state index is 10.8. The van der Waals surface area contributed by atoms with Gasteiger partial charge in [-0.3, -0.25) is 4.90 Å². The van der Waals surface area contributed by atoms with Crippen LogP contribution in [0.2, 0.25) is 0 Å². The quantitative estimate of drug-likeness (QED) is 0.866. The molecule has 0 heterocycles. The molecule has 20 heavy (non-hydrogen) atoms. The topological polar surface area (TPSA) is 66.6 Å². The second kappa shape index (κ2) is 6.86. The standard InChI is InChI=1S/C16H24N2O2/c1-18(15-5-3-2-4-14(15)10-17)11-12-6-8-13(9-7-12)16(19)20/h6-9,14-15H,2-5,10-11,17H2,1H3,(H,19,20). The van der Waals surface area contributed by atoms with Crippen molar-refractivity contribution in [3.63, 3.8) is 0 Å². The number of rotatable bonds is 5. The lowest BCUT2D eigenvalue weighted by molar-refractivity contribution is 0.0697. The Morgan fingerprint density at radius 2 is 1.95 bits per heavy atom. The normalized spacial score (nSPS) is 22.9. The number of carboxylic acids is 1. The van der Waals surface area contributed by atoms with Crippen molar-refractivity contribution in [3.8, 4) is 0 Å². The van der Waals surface area contributed by atoms with Gasteiger partial charge in [-0.15, -0.1) is 0 Å². The SMILES string of the molecule is CN(Cc1ccc(C(=O)O)cc1)C1CCCCC1CN. The average Bonchev–Trinajstić information content (AvgIpc) is 2.47. The molecule has 1 aliphatic carbocycles.